The van der Waals surface area contributed by atoms with Gasteiger partial charge in [-0.15, -0.1) is 11.8 Å². The normalized spacial score (nSPS) is 12.8. The number of carboxylic acid groups (broad SMARTS) is 1. The quantitative estimate of drug-likeness (QED) is 0.551. The van der Waals surface area contributed by atoms with Crippen molar-refractivity contribution in [1.29, 1.82) is 0 Å². The molecule has 6 nitrogen and oxygen atoms in total. The predicted molar refractivity (Wildman–Crippen MR) is 99.6 cm³/mol. The predicted octanol–water partition coefficient (Wildman–Crippen LogP) is 3.61. The van der Waals surface area contributed by atoms with Gasteiger partial charge in [0.05, 0.1) is 17.1 Å². The summed E-state index contributed by atoms with van der Waals surface area (Å²) in [5, 5.41) is 8.26. The molecule has 0 saturated heterocycles. The topological polar surface area (TPSA) is 81.3 Å². The maximum absolute atomic E-state index is 14.5. The average Bonchev–Trinajstić information content (AvgIpc) is 2.55. The molecule has 158 valence electrons. The van der Waals surface area contributed by atoms with Gasteiger partial charge in [0.15, 0.2) is 0 Å². The largest absolute Gasteiger partial charge is 0.481 e. The third kappa shape index (κ3) is 4.67. The number of nitrogens with zero attached hydrogens (tertiary/aromatic N) is 2. The molecule has 0 saturated carbocycles. The number of benzene rings is 1. The monoisotopic (exact) mass is 454 g/mol. The van der Waals surface area contributed by atoms with Crippen LogP contribution in [0, 0.1) is 12.7 Å². The van der Waals surface area contributed by atoms with Gasteiger partial charge >= 0.3 is 17.8 Å². The molecular formula is C17H15ClF4N2O4S. The molecule has 0 aliphatic carbocycles. The molecule has 2 aromatic rings. The number of rotatable bonds is 5. The molecule has 1 heterocycles. The highest BCUT2D eigenvalue weighted by Gasteiger charge is 2.38. The van der Waals surface area contributed by atoms with Crippen molar-refractivity contribution in [3.8, 4) is 5.69 Å². The van der Waals surface area contributed by atoms with E-state index in [0.717, 1.165) is 37.9 Å². The van der Waals surface area contributed by atoms with Crippen LogP contribution in [0.2, 0.25) is 5.02 Å². The number of halogens is 5. The number of aromatic nitrogens is 2. The van der Waals surface area contributed by atoms with E-state index in [1.54, 1.807) is 6.92 Å². The molecule has 0 bridgehead atoms. The number of hydrogen-bond donors (Lipinski definition) is 1. The lowest BCUT2D eigenvalue weighted by molar-refractivity contribution is -0.144. The number of carbonyl (C=O) groups is 1. The van der Waals surface area contributed by atoms with Crippen molar-refractivity contribution < 1.29 is 27.5 Å². The van der Waals surface area contributed by atoms with Crippen molar-refractivity contribution in [1.82, 2.24) is 9.13 Å². The summed E-state index contributed by atoms with van der Waals surface area (Å²) < 4.78 is 54.6. The molecule has 0 radical (unpaired) electrons. The molecule has 12 heteroatoms. The van der Waals surface area contributed by atoms with Crippen LogP contribution in [0.5, 0.6) is 0 Å². The summed E-state index contributed by atoms with van der Waals surface area (Å²) in [5.74, 6) is -2.17. The van der Waals surface area contributed by atoms with Crippen LogP contribution in [0.25, 0.3) is 5.69 Å². The SMILES string of the molecule is Cc1c(C(F)(F)F)n(C)c(=O)n(-c2cc(SC(C)CC(=O)O)c(Cl)cc2F)c1=O. The third-order valence-corrected chi connectivity index (χ3v) is 5.58. The number of hydrogen-bond acceptors (Lipinski definition) is 4. The highest BCUT2D eigenvalue weighted by atomic mass is 35.5. The second-order valence-corrected chi connectivity index (χ2v) is 8.10. The summed E-state index contributed by atoms with van der Waals surface area (Å²) >= 11 is 6.93. The van der Waals surface area contributed by atoms with Gasteiger partial charge in [-0.05, 0) is 19.1 Å². The molecule has 1 aromatic carbocycles. The minimum atomic E-state index is -4.96. The van der Waals surface area contributed by atoms with E-state index in [9.17, 15) is 31.9 Å². The first-order valence-corrected chi connectivity index (χ1v) is 9.29. The molecule has 1 N–H and O–H groups in total. The molecule has 2 rings (SSSR count). The lowest BCUT2D eigenvalue weighted by Gasteiger charge is -2.18. The number of aliphatic carboxylic acids is 1. The van der Waals surface area contributed by atoms with Crippen LogP contribution in [-0.2, 0) is 18.0 Å². The third-order valence-electron chi connectivity index (χ3n) is 3.99. The van der Waals surface area contributed by atoms with Crippen molar-refractivity contribution >= 4 is 29.3 Å². The zero-order chi connectivity index (χ0) is 22.3. The van der Waals surface area contributed by atoms with Crippen molar-refractivity contribution in [2.45, 2.75) is 36.6 Å². The van der Waals surface area contributed by atoms with E-state index in [4.69, 9.17) is 16.7 Å². The van der Waals surface area contributed by atoms with Crippen LogP contribution in [0.1, 0.15) is 24.6 Å². The summed E-state index contributed by atoms with van der Waals surface area (Å²) in [6.45, 7) is 2.46. The lowest BCUT2D eigenvalue weighted by atomic mass is 10.2. The Morgan fingerprint density at radius 3 is 2.41 bits per heavy atom. The Hall–Kier alpha value is -2.27. The first-order chi connectivity index (χ1) is 13.3. The summed E-state index contributed by atoms with van der Waals surface area (Å²) in [6.07, 6.45) is -5.20. The van der Waals surface area contributed by atoms with Crippen molar-refractivity contribution in [2.24, 2.45) is 7.05 Å². The fourth-order valence-electron chi connectivity index (χ4n) is 2.75. The van der Waals surface area contributed by atoms with E-state index in [2.05, 4.69) is 0 Å². The van der Waals surface area contributed by atoms with Gasteiger partial charge in [-0.25, -0.2) is 13.8 Å². The summed E-state index contributed by atoms with van der Waals surface area (Å²) in [7, 11) is 0.826. The Morgan fingerprint density at radius 1 is 1.31 bits per heavy atom. The molecular weight excluding hydrogens is 440 g/mol. The van der Waals surface area contributed by atoms with Crippen LogP contribution in [0.15, 0.2) is 26.6 Å². The van der Waals surface area contributed by atoms with Gasteiger partial charge in [-0.2, -0.15) is 13.2 Å². The molecule has 0 aliphatic rings. The number of thioether (sulfide) groups is 1. The Labute approximate surface area is 170 Å². The van der Waals surface area contributed by atoms with E-state index in [1.165, 1.54) is 0 Å². The van der Waals surface area contributed by atoms with E-state index < -0.39 is 51.4 Å². The van der Waals surface area contributed by atoms with E-state index in [-0.39, 0.29) is 20.9 Å². The van der Waals surface area contributed by atoms with Gasteiger partial charge in [0.25, 0.3) is 5.56 Å². The van der Waals surface area contributed by atoms with Crippen LogP contribution in [0.3, 0.4) is 0 Å². The molecule has 1 atom stereocenters. The summed E-state index contributed by atoms with van der Waals surface area (Å²) in [4.78, 5) is 35.9. The molecule has 1 aromatic heterocycles. The summed E-state index contributed by atoms with van der Waals surface area (Å²) in [5.41, 5.74) is -5.49. The maximum Gasteiger partial charge on any atom is 0.432 e. The Morgan fingerprint density at radius 2 is 1.90 bits per heavy atom. The Balaban J connectivity index is 2.73. The highest BCUT2D eigenvalue weighted by Crippen LogP contribution is 2.34. The van der Waals surface area contributed by atoms with Crippen molar-refractivity contribution in [2.75, 3.05) is 0 Å². The van der Waals surface area contributed by atoms with Crippen LogP contribution < -0.4 is 11.2 Å². The molecule has 0 amide bonds. The lowest BCUT2D eigenvalue weighted by Crippen LogP contribution is -2.43. The Bertz CT molecular complexity index is 1060. The highest BCUT2D eigenvalue weighted by molar-refractivity contribution is 8.00. The standard InChI is InChI=1S/C17H15ClF4N2O4S/c1-7(4-13(25)26)29-12-6-11(10(19)5-9(12)18)24-15(27)8(2)14(17(20,21)22)23(3)16(24)28/h5-7H,4H2,1-3H3,(H,25,26). The first-order valence-electron chi connectivity index (χ1n) is 8.03. The van der Waals surface area contributed by atoms with Gasteiger partial charge in [0, 0.05) is 22.8 Å². The fourth-order valence-corrected chi connectivity index (χ4v) is 4.05. The minimum absolute atomic E-state index is 0.0954. The smallest absolute Gasteiger partial charge is 0.432 e. The van der Waals surface area contributed by atoms with E-state index >= 15 is 0 Å². The maximum atomic E-state index is 14.5. The zero-order valence-corrected chi connectivity index (χ0v) is 16.9. The second kappa shape index (κ2) is 8.23. The Kier molecular flexibility index (Phi) is 6.53. The molecule has 0 fully saturated rings. The second-order valence-electron chi connectivity index (χ2n) is 6.21. The molecule has 0 spiro atoms. The molecule has 0 aliphatic heterocycles. The van der Waals surface area contributed by atoms with Gasteiger partial charge in [0.1, 0.15) is 11.5 Å². The zero-order valence-electron chi connectivity index (χ0n) is 15.3. The molecule has 29 heavy (non-hydrogen) atoms. The van der Waals surface area contributed by atoms with Crippen LogP contribution in [-0.4, -0.2) is 25.5 Å². The number of alkyl halides is 3. The van der Waals surface area contributed by atoms with Gasteiger partial charge < -0.3 is 5.11 Å². The van der Waals surface area contributed by atoms with Crippen LogP contribution >= 0.6 is 23.4 Å². The number of carboxylic acids is 1. The average molecular weight is 455 g/mol. The van der Waals surface area contributed by atoms with Gasteiger partial charge in [-0.3, -0.25) is 14.2 Å². The van der Waals surface area contributed by atoms with Crippen molar-refractivity contribution in [3.05, 3.63) is 55.1 Å². The van der Waals surface area contributed by atoms with Gasteiger partial charge in [0.2, 0.25) is 0 Å². The van der Waals surface area contributed by atoms with Crippen LogP contribution in [0.4, 0.5) is 17.6 Å². The van der Waals surface area contributed by atoms with Crippen molar-refractivity contribution in [3.63, 3.8) is 0 Å². The minimum Gasteiger partial charge on any atom is -0.481 e. The van der Waals surface area contributed by atoms with Gasteiger partial charge in [-0.1, -0.05) is 18.5 Å². The fraction of sp³-hybridized carbons (Fsp3) is 0.353. The van der Waals surface area contributed by atoms with E-state index in [1.807, 2.05) is 0 Å². The van der Waals surface area contributed by atoms with E-state index in [0.29, 0.717) is 4.57 Å². The first kappa shape index (κ1) is 23.0. The molecule has 1 unspecified atom stereocenters. The summed E-state index contributed by atoms with van der Waals surface area (Å²) in [6, 6.07) is 1.85.